The van der Waals surface area contributed by atoms with Crippen molar-refractivity contribution >= 4 is 0 Å². The van der Waals surface area contributed by atoms with E-state index in [0.29, 0.717) is 13.0 Å². The molecule has 0 N–H and O–H groups in total. The average Bonchev–Trinajstić information content (AvgIpc) is 2.93. The Morgan fingerprint density at radius 3 is 2.25 bits per heavy atom. The molecule has 0 aromatic heterocycles. The van der Waals surface area contributed by atoms with Crippen LogP contribution in [0.5, 0.6) is 0 Å². The fourth-order valence-electron chi connectivity index (χ4n) is 1.54. The van der Waals surface area contributed by atoms with Crippen molar-refractivity contribution in [1.82, 2.24) is 4.90 Å². The van der Waals surface area contributed by atoms with E-state index in [2.05, 4.69) is 6.07 Å². The molecule has 16 heavy (non-hydrogen) atoms. The van der Waals surface area contributed by atoms with Crippen molar-refractivity contribution in [3.63, 3.8) is 0 Å². The van der Waals surface area contributed by atoms with Crippen LogP contribution in [0.4, 0.5) is 13.2 Å². The van der Waals surface area contributed by atoms with Gasteiger partial charge < -0.3 is 0 Å². The lowest BCUT2D eigenvalue weighted by Gasteiger charge is -2.26. The first-order valence-corrected chi connectivity index (χ1v) is 5.45. The number of rotatable bonds is 5. The molecule has 0 aliphatic heterocycles. The first kappa shape index (κ1) is 13.3. The highest BCUT2D eigenvalue weighted by Gasteiger charge is 2.38. The lowest BCUT2D eigenvalue weighted by Crippen LogP contribution is -2.37. The molecular formula is C11H17F3N2. The minimum atomic E-state index is -4.14. The largest absolute Gasteiger partial charge is 0.401 e. The van der Waals surface area contributed by atoms with Gasteiger partial charge in [0.2, 0.25) is 0 Å². The van der Waals surface area contributed by atoms with Crippen LogP contribution in [0.2, 0.25) is 0 Å². The van der Waals surface area contributed by atoms with Crippen molar-refractivity contribution in [2.75, 3.05) is 13.1 Å². The Morgan fingerprint density at radius 1 is 1.31 bits per heavy atom. The van der Waals surface area contributed by atoms with E-state index in [1.165, 1.54) is 4.90 Å². The third-order valence-corrected chi connectivity index (χ3v) is 2.77. The summed E-state index contributed by atoms with van der Waals surface area (Å²) in [4.78, 5) is 1.46. The van der Waals surface area contributed by atoms with Gasteiger partial charge in [0.25, 0.3) is 0 Å². The minimum absolute atomic E-state index is 0.0797. The Morgan fingerprint density at radius 2 is 1.88 bits per heavy atom. The molecule has 5 heteroatoms. The van der Waals surface area contributed by atoms with Crippen molar-refractivity contribution in [2.24, 2.45) is 5.41 Å². The molecule has 0 aromatic carbocycles. The van der Waals surface area contributed by atoms with Crippen LogP contribution in [0.3, 0.4) is 0 Å². The molecule has 0 unspecified atom stereocenters. The second-order valence-electron chi connectivity index (χ2n) is 5.06. The Bertz CT molecular complexity index is 274. The summed E-state index contributed by atoms with van der Waals surface area (Å²) in [5.41, 5.74) is -0.543. The highest BCUT2D eigenvalue weighted by Crippen LogP contribution is 2.31. The maximum absolute atomic E-state index is 12.3. The van der Waals surface area contributed by atoms with E-state index in [4.69, 9.17) is 5.26 Å². The van der Waals surface area contributed by atoms with Gasteiger partial charge in [0.1, 0.15) is 0 Å². The summed E-state index contributed by atoms with van der Waals surface area (Å²) in [6, 6.07) is 2.19. The van der Waals surface area contributed by atoms with Gasteiger partial charge in [-0.15, -0.1) is 0 Å². The lowest BCUT2D eigenvalue weighted by atomic mass is 9.91. The second kappa shape index (κ2) is 4.62. The zero-order valence-electron chi connectivity index (χ0n) is 9.64. The zero-order valence-corrected chi connectivity index (χ0v) is 9.64. The number of nitrogens with zero attached hydrogens (tertiary/aromatic N) is 2. The number of halogens is 3. The van der Waals surface area contributed by atoms with Gasteiger partial charge in [-0.05, 0) is 33.1 Å². The van der Waals surface area contributed by atoms with Crippen LogP contribution < -0.4 is 0 Å². The Hall–Kier alpha value is -0.760. The molecule has 2 nitrogen and oxygen atoms in total. The maximum atomic E-state index is 12.3. The van der Waals surface area contributed by atoms with Gasteiger partial charge >= 0.3 is 6.18 Å². The van der Waals surface area contributed by atoms with Crippen LogP contribution in [0.1, 0.15) is 33.1 Å². The molecule has 1 fully saturated rings. The quantitative estimate of drug-likeness (QED) is 0.731. The van der Waals surface area contributed by atoms with E-state index in [0.717, 1.165) is 12.8 Å². The van der Waals surface area contributed by atoms with E-state index in [1.807, 2.05) is 0 Å². The molecule has 0 bridgehead atoms. The third-order valence-electron chi connectivity index (χ3n) is 2.77. The van der Waals surface area contributed by atoms with Crippen LogP contribution >= 0.6 is 0 Å². The summed E-state index contributed by atoms with van der Waals surface area (Å²) in [5, 5.41) is 8.80. The Labute approximate surface area is 94.0 Å². The SMILES string of the molecule is CC(C)(C#N)CCN(CC(F)(F)F)C1CC1. The predicted molar refractivity (Wildman–Crippen MR) is 54.7 cm³/mol. The van der Waals surface area contributed by atoms with E-state index in [9.17, 15) is 13.2 Å². The zero-order chi connectivity index (χ0) is 12.4. The molecule has 92 valence electrons. The lowest BCUT2D eigenvalue weighted by molar-refractivity contribution is -0.147. The molecule has 1 aliphatic carbocycles. The van der Waals surface area contributed by atoms with Crippen molar-refractivity contribution in [3.8, 4) is 6.07 Å². The molecule has 0 aromatic rings. The molecule has 0 radical (unpaired) electrons. The van der Waals surface area contributed by atoms with Crippen molar-refractivity contribution in [2.45, 2.75) is 45.3 Å². The minimum Gasteiger partial charge on any atom is -0.292 e. The average molecular weight is 234 g/mol. The fourth-order valence-corrected chi connectivity index (χ4v) is 1.54. The number of hydrogen-bond donors (Lipinski definition) is 0. The van der Waals surface area contributed by atoms with E-state index in [-0.39, 0.29) is 6.04 Å². The summed E-state index contributed by atoms with van der Waals surface area (Å²) in [6.07, 6.45) is -1.96. The van der Waals surface area contributed by atoms with Crippen LogP contribution in [-0.2, 0) is 0 Å². The predicted octanol–water partition coefficient (Wildman–Crippen LogP) is 2.95. The number of nitriles is 1. The summed E-state index contributed by atoms with van der Waals surface area (Å²) >= 11 is 0. The van der Waals surface area contributed by atoms with Crippen LogP contribution in [0, 0.1) is 16.7 Å². The van der Waals surface area contributed by atoms with E-state index in [1.54, 1.807) is 13.8 Å². The van der Waals surface area contributed by atoms with Crippen LogP contribution in [0.25, 0.3) is 0 Å². The fraction of sp³-hybridized carbons (Fsp3) is 0.909. The highest BCUT2D eigenvalue weighted by atomic mass is 19.4. The molecule has 0 amide bonds. The van der Waals surface area contributed by atoms with Crippen LogP contribution in [0.15, 0.2) is 0 Å². The smallest absolute Gasteiger partial charge is 0.292 e. The highest BCUT2D eigenvalue weighted by molar-refractivity contribution is 4.94. The molecule has 0 atom stereocenters. The van der Waals surface area contributed by atoms with Crippen molar-refractivity contribution < 1.29 is 13.2 Å². The summed E-state index contributed by atoms with van der Waals surface area (Å²) in [5.74, 6) is 0. The topological polar surface area (TPSA) is 27.0 Å². The second-order valence-corrected chi connectivity index (χ2v) is 5.06. The summed E-state index contributed by atoms with van der Waals surface area (Å²) in [7, 11) is 0. The van der Waals surface area contributed by atoms with Gasteiger partial charge in [-0.3, -0.25) is 4.90 Å². The monoisotopic (exact) mass is 234 g/mol. The Balaban J connectivity index is 2.44. The van der Waals surface area contributed by atoms with Crippen molar-refractivity contribution in [3.05, 3.63) is 0 Å². The standard InChI is InChI=1S/C11H17F3N2/c1-10(2,7-15)5-6-16(9-3-4-9)8-11(12,13)14/h9H,3-6,8H2,1-2H3. The number of alkyl halides is 3. The van der Waals surface area contributed by atoms with Gasteiger partial charge in [-0.1, -0.05) is 0 Å². The van der Waals surface area contributed by atoms with Crippen molar-refractivity contribution in [1.29, 1.82) is 5.26 Å². The molecule has 1 rings (SSSR count). The van der Waals surface area contributed by atoms with E-state index >= 15 is 0 Å². The number of hydrogen-bond acceptors (Lipinski definition) is 2. The first-order valence-electron chi connectivity index (χ1n) is 5.45. The molecule has 0 saturated heterocycles. The van der Waals surface area contributed by atoms with Gasteiger partial charge in [0, 0.05) is 12.6 Å². The molecule has 0 spiro atoms. The summed E-state index contributed by atoms with van der Waals surface area (Å²) in [6.45, 7) is 3.02. The summed E-state index contributed by atoms with van der Waals surface area (Å²) < 4.78 is 36.9. The molecule has 0 heterocycles. The normalized spacial score (nSPS) is 17.6. The first-order chi connectivity index (χ1) is 7.23. The van der Waals surface area contributed by atoms with Gasteiger partial charge in [0.15, 0.2) is 0 Å². The maximum Gasteiger partial charge on any atom is 0.401 e. The molecular weight excluding hydrogens is 217 g/mol. The van der Waals surface area contributed by atoms with Gasteiger partial charge in [-0.2, -0.15) is 18.4 Å². The van der Waals surface area contributed by atoms with E-state index < -0.39 is 18.1 Å². The third kappa shape index (κ3) is 4.84. The van der Waals surface area contributed by atoms with Crippen LogP contribution in [-0.4, -0.2) is 30.2 Å². The van der Waals surface area contributed by atoms with Gasteiger partial charge in [-0.25, -0.2) is 0 Å². The van der Waals surface area contributed by atoms with Gasteiger partial charge in [0.05, 0.1) is 18.0 Å². The molecule has 1 aliphatic rings. The molecule has 1 saturated carbocycles. The Kier molecular flexibility index (Phi) is 3.84.